The molecule has 2 unspecified atom stereocenters. The number of amides is 1. The van der Waals surface area contributed by atoms with E-state index in [9.17, 15) is 4.79 Å². The third-order valence-corrected chi connectivity index (χ3v) is 2.80. The van der Waals surface area contributed by atoms with E-state index in [-0.39, 0.29) is 17.9 Å². The summed E-state index contributed by atoms with van der Waals surface area (Å²) in [5.41, 5.74) is 0. The van der Waals surface area contributed by atoms with Gasteiger partial charge in [0, 0.05) is 19.6 Å². The summed E-state index contributed by atoms with van der Waals surface area (Å²) in [6, 6.07) is 2.17. The fourth-order valence-electron chi connectivity index (χ4n) is 1.89. The van der Waals surface area contributed by atoms with Gasteiger partial charge in [0.2, 0.25) is 5.91 Å². The molecular weight excluding hydrogens is 204 g/mol. The Morgan fingerprint density at radius 1 is 1.69 bits per heavy atom. The molecule has 0 bridgehead atoms. The first kappa shape index (κ1) is 13.0. The van der Waals surface area contributed by atoms with Crippen LogP contribution in [0.5, 0.6) is 0 Å². The molecule has 0 aromatic rings. The summed E-state index contributed by atoms with van der Waals surface area (Å²) in [5.74, 6) is -0.176. The van der Waals surface area contributed by atoms with E-state index < -0.39 is 0 Å². The molecule has 1 N–H and O–H groups in total. The lowest BCUT2D eigenvalue weighted by Gasteiger charge is -2.12. The quantitative estimate of drug-likeness (QED) is 0.745. The first-order valence-electron chi connectivity index (χ1n) is 6.04. The van der Waals surface area contributed by atoms with Crippen LogP contribution in [0.1, 0.15) is 39.0 Å². The van der Waals surface area contributed by atoms with Gasteiger partial charge in [-0.2, -0.15) is 5.26 Å². The molecule has 0 radical (unpaired) electrons. The maximum atomic E-state index is 11.5. The summed E-state index contributed by atoms with van der Waals surface area (Å²) in [6.45, 7) is 3.41. The Bertz CT molecular complexity index is 254. The predicted octanol–water partition coefficient (Wildman–Crippen LogP) is 1.61. The monoisotopic (exact) mass is 224 g/mol. The molecule has 4 nitrogen and oxygen atoms in total. The molecule has 0 aromatic carbocycles. The largest absolute Gasteiger partial charge is 0.376 e. The van der Waals surface area contributed by atoms with Crippen molar-refractivity contribution in [3.63, 3.8) is 0 Å². The van der Waals surface area contributed by atoms with Gasteiger partial charge in [0.1, 0.15) is 0 Å². The van der Waals surface area contributed by atoms with E-state index in [4.69, 9.17) is 10.00 Å². The molecular formula is C12H20N2O2. The number of nitrogens with zero attached hydrogens (tertiary/aromatic N) is 1. The lowest BCUT2D eigenvalue weighted by molar-refractivity contribution is -0.122. The number of carbonyl (C=O) groups is 1. The number of ether oxygens (including phenoxy) is 1. The smallest absolute Gasteiger partial charge is 0.221 e. The molecule has 1 fully saturated rings. The topological polar surface area (TPSA) is 62.1 Å². The van der Waals surface area contributed by atoms with Crippen molar-refractivity contribution in [2.24, 2.45) is 5.92 Å². The third-order valence-electron chi connectivity index (χ3n) is 2.80. The van der Waals surface area contributed by atoms with Gasteiger partial charge in [-0.15, -0.1) is 0 Å². The van der Waals surface area contributed by atoms with Gasteiger partial charge >= 0.3 is 0 Å². The van der Waals surface area contributed by atoms with Crippen molar-refractivity contribution in [3.8, 4) is 6.07 Å². The van der Waals surface area contributed by atoms with Crippen LogP contribution in [-0.2, 0) is 9.53 Å². The minimum Gasteiger partial charge on any atom is -0.376 e. The molecule has 90 valence electrons. The highest BCUT2D eigenvalue weighted by Crippen LogP contribution is 2.12. The molecule has 1 heterocycles. The van der Waals surface area contributed by atoms with Crippen LogP contribution in [0.25, 0.3) is 0 Å². The molecule has 0 aromatic heterocycles. The fraction of sp³-hybridized carbons (Fsp3) is 0.833. The van der Waals surface area contributed by atoms with Crippen molar-refractivity contribution in [2.75, 3.05) is 13.2 Å². The summed E-state index contributed by atoms with van der Waals surface area (Å²) in [7, 11) is 0. The molecule has 1 amide bonds. The minimum absolute atomic E-state index is 0.0319. The Balaban J connectivity index is 2.16. The molecule has 4 heteroatoms. The van der Waals surface area contributed by atoms with E-state index in [1.807, 2.05) is 6.92 Å². The zero-order valence-corrected chi connectivity index (χ0v) is 9.87. The fourth-order valence-corrected chi connectivity index (χ4v) is 1.89. The second-order valence-corrected chi connectivity index (χ2v) is 4.26. The van der Waals surface area contributed by atoms with Crippen molar-refractivity contribution in [1.29, 1.82) is 5.26 Å². The summed E-state index contributed by atoms with van der Waals surface area (Å²) < 4.78 is 5.40. The zero-order valence-electron chi connectivity index (χ0n) is 9.87. The maximum Gasteiger partial charge on any atom is 0.221 e. The van der Waals surface area contributed by atoms with Crippen molar-refractivity contribution in [3.05, 3.63) is 0 Å². The molecule has 1 saturated heterocycles. The molecule has 0 aliphatic carbocycles. The molecule has 1 aliphatic heterocycles. The average Bonchev–Trinajstić information content (AvgIpc) is 2.78. The number of hydrogen-bond donors (Lipinski definition) is 1. The van der Waals surface area contributed by atoms with E-state index in [0.29, 0.717) is 13.0 Å². The van der Waals surface area contributed by atoms with Crippen molar-refractivity contribution >= 4 is 5.91 Å². The highest BCUT2D eigenvalue weighted by atomic mass is 16.5. The Kier molecular flexibility index (Phi) is 5.87. The predicted molar refractivity (Wildman–Crippen MR) is 60.6 cm³/mol. The summed E-state index contributed by atoms with van der Waals surface area (Å²) >= 11 is 0. The Labute approximate surface area is 97.0 Å². The number of nitrogens with one attached hydrogen (secondary N) is 1. The Morgan fingerprint density at radius 2 is 2.50 bits per heavy atom. The summed E-state index contributed by atoms with van der Waals surface area (Å²) in [6.07, 6.45) is 4.34. The van der Waals surface area contributed by atoms with Gasteiger partial charge in [-0.25, -0.2) is 0 Å². The molecule has 0 spiro atoms. The van der Waals surface area contributed by atoms with E-state index in [1.165, 1.54) is 0 Å². The van der Waals surface area contributed by atoms with E-state index in [1.54, 1.807) is 0 Å². The van der Waals surface area contributed by atoms with Crippen LogP contribution in [0.3, 0.4) is 0 Å². The van der Waals surface area contributed by atoms with Gasteiger partial charge in [-0.05, 0) is 19.3 Å². The number of hydrogen-bond acceptors (Lipinski definition) is 3. The zero-order chi connectivity index (χ0) is 11.8. The number of rotatable bonds is 6. The van der Waals surface area contributed by atoms with Crippen LogP contribution in [0.15, 0.2) is 0 Å². The third kappa shape index (κ3) is 4.63. The van der Waals surface area contributed by atoms with Crippen molar-refractivity contribution in [1.82, 2.24) is 5.32 Å². The Hall–Kier alpha value is -1.08. The van der Waals surface area contributed by atoms with Gasteiger partial charge in [-0.1, -0.05) is 13.3 Å². The van der Waals surface area contributed by atoms with Crippen LogP contribution in [-0.4, -0.2) is 25.2 Å². The van der Waals surface area contributed by atoms with Gasteiger partial charge in [0.05, 0.1) is 18.1 Å². The number of nitriles is 1. The van der Waals surface area contributed by atoms with Crippen LogP contribution in [0.4, 0.5) is 0 Å². The van der Waals surface area contributed by atoms with Gasteiger partial charge < -0.3 is 10.1 Å². The van der Waals surface area contributed by atoms with E-state index >= 15 is 0 Å². The van der Waals surface area contributed by atoms with Crippen LogP contribution in [0.2, 0.25) is 0 Å². The highest BCUT2D eigenvalue weighted by Gasteiger charge is 2.17. The maximum absolute atomic E-state index is 11.5. The molecule has 1 aliphatic rings. The molecule has 1 rings (SSSR count). The van der Waals surface area contributed by atoms with Crippen LogP contribution in [0, 0.1) is 17.2 Å². The summed E-state index contributed by atoms with van der Waals surface area (Å²) in [4.78, 5) is 11.5. The molecule has 0 saturated carbocycles. The second-order valence-electron chi connectivity index (χ2n) is 4.26. The van der Waals surface area contributed by atoms with E-state index in [0.717, 1.165) is 32.3 Å². The first-order chi connectivity index (χ1) is 7.76. The Morgan fingerprint density at radius 3 is 3.06 bits per heavy atom. The van der Waals surface area contributed by atoms with Gasteiger partial charge in [-0.3, -0.25) is 4.79 Å². The normalized spacial score (nSPS) is 21.4. The average molecular weight is 224 g/mol. The number of carbonyl (C=O) groups excluding carboxylic acids is 1. The lowest BCUT2D eigenvalue weighted by atomic mass is 10.0. The van der Waals surface area contributed by atoms with Gasteiger partial charge in [0.25, 0.3) is 0 Å². The SMILES string of the molecule is CCCC(C#N)CC(=O)NCC1CCCO1. The highest BCUT2D eigenvalue weighted by molar-refractivity contribution is 5.76. The lowest BCUT2D eigenvalue weighted by Crippen LogP contribution is -2.32. The second kappa shape index (κ2) is 7.24. The van der Waals surface area contributed by atoms with Crippen LogP contribution >= 0.6 is 0 Å². The van der Waals surface area contributed by atoms with Crippen LogP contribution < -0.4 is 5.32 Å². The first-order valence-corrected chi connectivity index (χ1v) is 6.04. The molecule has 16 heavy (non-hydrogen) atoms. The minimum atomic E-state index is -0.144. The van der Waals surface area contributed by atoms with E-state index in [2.05, 4.69) is 11.4 Å². The summed E-state index contributed by atoms with van der Waals surface area (Å²) in [5, 5.41) is 11.7. The van der Waals surface area contributed by atoms with Crippen molar-refractivity contribution in [2.45, 2.75) is 45.1 Å². The standard InChI is InChI=1S/C12H20N2O2/c1-2-4-10(8-13)7-12(15)14-9-11-5-3-6-16-11/h10-11H,2-7,9H2,1H3,(H,14,15). The van der Waals surface area contributed by atoms with Crippen molar-refractivity contribution < 1.29 is 9.53 Å². The van der Waals surface area contributed by atoms with Gasteiger partial charge in [0.15, 0.2) is 0 Å². The molecule has 2 atom stereocenters.